The number of halogens is 1. The molecule has 6 nitrogen and oxygen atoms in total. The molecule has 0 saturated heterocycles. The molecule has 0 aliphatic rings. The summed E-state index contributed by atoms with van der Waals surface area (Å²) < 4.78 is 5.56. The Kier molecular flexibility index (Phi) is 5.48. The Labute approximate surface area is 135 Å². The Morgan fingerprint density at radius 2 is 1.86 bits per heavy atom. The molecule has 22 heavy (non-hydrogen) atoms. The molecule has 0 bridgehead atoms. The molecule has 2 aromatic rings. The van der Waals surface area contributed by atoms with Crippen LogP contribution in [0.1, 0.15) is 29.0 Å². The van der Waals surface area contributed by atoms with Crippen LogP contribution in [-0.2, 0) is 4.79 Å². The van der Waals surface area contributed by atoms with Crippen molar-refractivity contribution in [2.24, 2.45) is 5.10 Å². The number of benzene rings is 1. The standard InChI is InChI=1S/C15H13BrN2O4/c16-13-8-7-12(22-13)15(21)18-17-11(6-9-14(19)20)10-4-2-1-3-5-10/h1-5,7-8H,6,9H2,(H,18,21)(H,19,20). The zero-order valence-electron chi connectivity index (χ0n) is 11.5. The minimum absolute atomic E-state index is 0.0735. The highest BCUT2D eigenvalue weighted by Crippen LogP contribution is 2.14. The van der Waals surface area contributed by atoms with Crippen LogP contribution in [0.3, 0.4) is 0 Å². The second kappa shape index (κ2) is 7.56. The van der Waals surface area contributed by atoms with Gasteiger partial charge < -0.3 is 9.52 Å². The smallest absolute Gasteiger partial charge is 0.307 e. The first-order valence-corrected chi connectivity index (χ1v) is 7.25. The molecule has 0 unspecified atom stereocenters. The molecule has 114 valence electrons. The third-order valence-electron chi connectivity index (χ3n) is 2.77. The van der Waals surface area contributed by atoms with Crippen LogP contribution in [-0.4, -0.2) is 22.7 Å². The number of carboxylic acids is 1. The summed E-state index contributed by atoms with van der Waals surface area (Å²) in [6, 6.07) is 12.2. The van der Waals surface area contributed by atoms with Crippen molar-refractivity contribution in [2.45, 2.75) is 12.8 Å². The zero-order chi connectivity index (χ0) is 15.9. The van der Waals surface area contributed by atoms with Gasteiger partial charge in [-0.1, -0.05) is 30.3 Å². The molecule has 0 saturated carbocycles. The van der Waals surface area contributed by atoms with Gasteiger partial charge in [-0.3, -0.25) is 9.59 Å². The SMILES string of the molecule is O=C(O)CCC(=NNC(=O)c1ccc(Br)o1)c1ccccc1. The minimum Gasteiger partial charge on any atom is -0.481 e. The maximum absolute atomic E-state index is 11.9. The molecule has 1 heterocycles. The number of hydrogen-bond acceptors (Lipinski definition) is 4. The zero-order valence-corrected chi connectivity index (χ0v) is 13.0. The van der Waals surface area contributed by atoms with Crippen LogP contribution in [0.4, 0.5) is 0 Å². The van der Waals surface area contributed by atoms with E-state index in [-0.39, 0.29) is 18.6 Å². The Morgan fingerprint density at radius 1 is 1.14 bits per heavy atom. The van der Waals surface area contributed by atoms with E-state index in [0.29, 0.717) is 10.4 Å². The molecule has 1 aromatic heterocycles. The largest absolute Gasteiger partial charge is 0.481 e. The fourth-order valence-corrected chi connectivity index (χ4v) is 2.04. The van der Waals surface area contributed by atoms with Crippen molar-refractivity contribution >= 4 is 33.5 Å². The number of furan rings is 1. The van der Waals surface area contributed by atoms with E-state index in [1.165, 1.54) is 6.07 Å². The van der Waals surface area contributed by atoms with Crippen LogP contribution in [0.15, 0.2) is 56.7 Å². The molecule has 0 radical (unpaired) electrons. The average Bonchev–Trinajstić information content (AvgIpc) is 2.94. The van der Waals surface area contributed by atoms with Crippen molar-refractivity contribution in [3.63, 3.8) is 0 Å². The molecule has 1 aromatic carbocycles. The Hall–Kier alpha value is -2.41. The number of nitrogens with zero attached hydrogens (tertiary/aromatic N) is 1. The van der Waals surface area contributed by atoms with Crippen molar-refractivity contribution in [3.8, 4) is 0 Å². The van der Waals surface area contributed by atoms with E-state index >= 15 is 0 Å². The molecule has 0 atom stereocenters. The first kappa shape index (κ1) is 16.0. The maximum Gasteiger partial charge on any atom is 0.307 e. The maximum atomic E-state index is 11.9. The van der Waals surface area contributed by atoms with E-state index in [9.17, 15) is 9.59 Å². The lowest BCUT2D eigenvalue weighted by molar-refractivity contribution is -0.136. The molecule has 0 aliphatic carbocycles. The van der Waals surface area contributed by atoms with Gasteiger partial charge in [-0.05, 0) is 33.6 Å². The number of rotatable bonds is 6. The predicted octanol–water partition coefficient (Wildman–Crippen LogP) is 3.04. The highest BCUT2D eigenvalue weighted by Gasteiger charge is 2.11. The summed E-state index contributed by atoms with van der Waals surface area (Å²) in [5, 5.41) is 12.8. The van der Waals surface area contributed by atoms with Crippen molar-refractivity contribution < 1.29 is 19.1 Å². The third-order valence-corrected chi connectivity index (χ3v) is 3.20. The Bertz CT molecular complexity index is 695. The summed E-state index contributed by atoms with van der Waals surface area (Å²) in [7, 11) is 0. The molecule has 2 rings (SSSR count). The second-order valence-electron chi connectivity index (χ2n) is 4.36. The van der Waals surface area contributed by atoms with Crippen LogP contribution in [0.2, 0.25) is 0 Å². The number of nitrogens with one attached hydrogen (secondary N) is 1. The van der Waals surface area contributed by atoms with Gasteiger partial charge in [-0.25, -0.2) is 5.43 Å². The summed E-state index contributed by atoms with van der Waals surface area (Å²) in [6.07, 6.45) is 0.136. The molecule has 1 amide bonds. The topological polar surface area (TPSA) is 91.9 Å². The van der Waals surface area contributed by atoms with Crippen molar-refractivity contribution in [1.82, 2.24) is 5.43 Å². The lowest BCUT2D eigenvalue weighted by atomic mass is 10.1. The van der Waals surface area contributed by atoms with Gasteiger partial charge in [0.15, 0.2) is 10.4 Å². The van der Waals surface area contributed by atoms with E-state index in [0.717, 1.165) is 5.56 Å². The van der Waals surface area contributed by atoms with Gasteiger partial charge in [-0.15, -0.1) is 0 Å². The number of amides is 1. The summed E-state index contributed by atoms with van der Waals surface area (Å²) >= 11 is 3.11. The molecule has 0 aliphatic heterocycles. The highest BCUT2D eigenvalue weighted by molar-refractivity contribution is 9.10. The lowest BCUT2D eigenvalue weighted by Crippen LogP contribution is -2.20. The van der Waals surface area contributed by atoms with E-state index in [1.807, 2.05) is 18.2 Å². The average molecular weight is 365 g/mol. The first-order valence-electron chi connectivity index (χ1n) is 6.45. The summed E-state index contributed by atoms with van der Waals surface area (Å²) in [6.45, 7) is 0. The monoisotopic (exact) mass is 364 g/mol. The number of hydrogen-bond donors (Lipinski definition) is 2. The van der Waals surface area contributed by atoms with Crippen molar-refractivity contribution in [3.05, 3.63) is 58.5 Å². The van der Waals surface area contributed by atoms with Crippen LogP contribution < -0.4 is 5.43 Å². The fourth-order valence-electron chi connectivity index (χ4n) is 1.73. The lowest BCUT2D eigenvalue weighted by Gasteiger charge is -2.05. The normalized spacial score (nSPS) is 11.2. The first-order chi connectivity index (χ1) is 10.6. The summed E-state index contributed by atoms with van der Waals surface area (Å²) in [5.74, 6) is -1.32. The Morgan fingerprint density at radius 3 is 2.45 bits per heavy atom. The second-order valence-corrected chi connectivity index (χ2v) is 5.14. The van der Waals surface area contributed by atoms with Gasteiger partial charge in [0, 0.05) is 6.42 Å². The van der Waals surface area contributed by atoms with E-state index in [2.05, 4.69) is 26.5 Å². The van der Waals surface area contributed by atoms with Crippen LogP contribution in [0.25, 0.3) is 0 Å². The van der Waals surface area contributed by atoms with Gasteiger partial charge >= 0.3 is 11.9 Å². The molecule has 0 spiro atoms. The van der Waals surface area contributed by atoms with E-state index < -0.39 is 11.9 Å². The number of carbonyl (C=O) groups excluding carboxylic acids is 1. The van der Waals surface area contributed by atoms with Crippen molar-refractivity contribution in [1.29, 1.82) is 0 Å². The number of carbonyl (C=O) groups is 2. The predicted molar refractivity (Wildman–Crippen MR) is 83.7 cm³/mol. The van der Waals surface area contributed by atoms with Crippen molar-refractivity contribution in [2.75, 3.05) is 0 Å². The van der Waals surface area contributed by atoms with Gasteiger partial charge in [0.1, 0.15) is 0 Å². The highest BCUT2D eigenvalue weighted by atomic mass is 79.9. The minimum atomic E-state index is -0.926. The summed E-state index contributed by atoms with van der Waals surface area (Å²) in [4.78, 5) is 22.6. The van der Waals surface area contributed by atoms with Gasteiger partial charge in [0.25, 0.3) is 0 Å². The molecular formula is C15H13BrN2O4. The Balaban J connectivity index is 2.13. The summed E-state index contributed by atoms with van der Waals surface area (Å²) in [5.41, 5.74) is 3.62. The molecule has 7 heteroatoms. The molecular weight excluding hydrogens is 352 g/mol. The van der Waals surface area contributed by atoms with E-state index in [1.54, 1.807) is 18.2 Å². The van der Waals surface area contributed by atoms with Crippen LogP contribution in [0.5, 0.6) is 0 Å². The van der Waals surface area contributed by atoms with Crippen LogP contribution in [0, 0.1) is 0 Å². The third kappa shape index (κ3) is 4.56. The van der Waals surface area contributed by atoms with Gasteiger partial charge in [0.05, 0.1) is 12.1 Å². The molecule has 0 fully saturated rings. The van der Waals surface area contributed by atoms with Gasteiger partial charge in [-0.2, -0.15) is 5.10 Å². The van der Waals surface area contributed by atoms with Crippen LogP contribution >= 0.6 is 15.9 Å². The fraction of sp³-hybridized carbons (Fsp3) is 0.133. The number of aliphatic carboxylic acids is 1. The quantitative estimate of drug-likeness (QED) is 0.608. The molecule has 2 N–H and O–H groups in total. The number of carboxylic acid groups (broad SMARTS) is 1. The number of hydrazone groups is 1. The van der Waals surface area contributed by atoms with E-state index in [4.69, 9.17) is 9.52 Å². The van der Waals surface area contributed by atoms with Gasteiger partial charge in [0.2, 0.25) is 0 Å².